The van der Waals surface area contributed by atoms with Gasteiger partial charge in [-0.1, -0.05) is 44.5 Å². The summed E-state index contributed by atoms with van der Waals surface area (Å²) >= 11 is 0. The predicted octanol–water partition coefficient (Wildman–Crippen LogP) is 7.60. The SMILES string of the molecule is CC[C@H](C)[C@@H](COc1ccc(-c2ccc(OC(F)(F)F)cc2)cc1)Nc1ccc(C(=O)CCCC(=O)O)cc1. The molecule has 0 heterocycles. The lowest BCUT2D eigenvalue weighted by Gasteiger charge is -2.25. The molecule has 9 heteroatoms. The molecule has 0 bridgehead atoms. The lowest BCUT2D eigenvalue weighted by molar-refractivity contribution is -0.274. The monoisotopic (exact) mass is 543 g/mol. The summed E-state index contributed by atoms with van der Waals surface area (Å²) in [5.41, 5.74) is 2.97. The predicted molar refractivity (Wildman–Crippen MR) is 143 cm³/mol. The van der Waals surface area contributed by atoms with Crippen LogP contribution in [0.15, 0.2) is 72.8 Å². The molecule has 3 aromatic carbocycles. The summed E-state index contributed by atoms with van der Waals surface area (Å²) in [7, 11) is 0. The molecular weight excluding hydrogens is 511 g/mol. The average Bonchev–Trinajstić information content (AvgIpc) is 2.90. The number of carboxylic acids is 1. The first-order chi connectivity index (χ1) is 18.5. The van der Waals surface area contributed by atoms with Gasteiger partial charge in [-0.05, 0) is 72.0 Å². The van der Waals surface area contributed by atoms with Crippen molar-refractivity contribution < 1.29 is 37.3 Å². The Bertz CT molecular complexity index is 1210. The number of alkyl halides is 3. The molecule has 0 saturated heterocycles. The average molecular weight is 544 g/mol. The second-order valence-electron chi connectivity index (χ2n) is 9.29. The molecule has 0 aliphatic heterocycles. The number of carboxylic acid groups (broad SMARTS) is 1. The molecule has 0 aliphatic rings. The van der Waals surface area contributed by atoms with Crippen LogP contribution in [0.2, 0.25) is 0 Å². The number of carbonyl (C=O) groups excluding carboxylic acids is 1. The second kappa shape index (κ2) is 13.7. The van der Waals surface area contributed by atoms with Crippen LogP contribution in [0.5, 0.6) is 11.5 Å². The number of hydrogen-bond acceptors (Lipinski definition) is 5. The van der Waals surface area contributed by atoms with Crippen molar-refractivity contribution in [1.29, 1.82) is 0 Å². The van der Waals surface area contributed by atoms with Gasteiger partial charge >= 0.3 is 12.3 Å². The van der Waals surface area contributed by atoms with Crippen LogP contribution in [0, 0.1) is 5.92 Å². The van der Waals surface area contributed by atoms with Gasteiger partial charge < -0.3 is 19.9 Å². The lowest BCUT2D eigenvalue weighted by atomic mass is 9.99. The Kier molecular flexibility index (Phi) is 10.4. The molecule has 3 aromatic rings. The highest BCUT2D eigenvalue weighted by Gasteiger charge is 2.31. The van der Waals surface area contributed by atoms with E-state index in [2.05, 4.69) is 23.9 Å². The van der Waals surface area contributed by atoms with E-state index in [0.717, 1.165) is 23.2 Å². The van der Waals surface area contributed by atoms with Gasteiger partial charge in [0.25, 0.3) is 0 Å². The molecule has 0 unspecified atom stereocenters. The van der Waals surface area contributed by atoms with E-state index in [1.807, 2.05) is 36.4 Å². The summed E-state index contributed by atoms with van der Waals surface area (Å²) in [6, 6.07) is 20.1. The number of aliphatic carboxylic acids is 1. The quantitative estimate of drug-likeness (QED) is 0.204. The number of benzene rings is 3. The van der Waals surface area contributed by atoms with Crippen LogP contribution in [0.1, 0.15) is 49.9 Å². The van der Waals surface area contributed by atoms with E-state index in [1.54, 1.807) is 24.3 Å². The Morgan fingerprint density at radius 1 is 0.872 bits per heavy atom. The fourth-order valence-corrected chi connectivity index (χ4v) is 3.92. The number of hydrogen-bond donors (Lipinski definition) is 2. The minimum Gasteiger partial charge on any atom is -0.491 e. The van der Waals surface area contributed by atoms with Gasteiger partial charge in [0.15, 0.2) is 5.78 Å². The van der Waals surface area contributed by atoms with Gasteiger partial charge in [-0.25, -0.2) is 0 Å². The van der Waals surface area contributed by atoms with E-state index in [1.165, 1.54) is 12.1 Å². The van der Waals surface area contributed by atoms with Gasteiger partial charge in [0.1, 0.15) is 18.1 Å². The normalized spacial score (nSPS) is 12.8. The highest BCUT2D eigenvalue weighted by Crippen LogP contribution is 2.28. The van der Waals surface area contributed by atoms with E-state index in [4.69, 9.17) is 9.84 Å². The van der Waals surface area contributed by atoms with E-state index in [0.29, 0.717) is 30.3 Å². The maximum absolute atomic E-state index is 12.4. The molecular formula is C30H32F3NO5. The zero-order valence-corrected chi connectivity index (χ0v) is 21.8. The Morgan fingerprint density at radius 2 is 1.44 bits per heavy atom. The third kappa shape index (κ3) is 9.67. The van der Waals surface area contributed by atoms with Gasteiger partial charge in [0, 0.05) is 24.1 Å². The Labute approximate surface area is 225 Å². The molecule has 0 fully saturated rings. The fourth-order valence-electron chi connectivity index (χ4n) is 3.92. The Balaban J connectivity index is 1.57. The molecule has 0 saturated carbocycles. The van der Waals surface area contributed by atoms with E-state index >= 15 is 0 Å². The summed E-state index contributed by atoms with van der Waals surface area (Å²) in [5.74, 6) is -0.317. The Morgan fingerprint density at radius 3 is 1.95 bits per heavy atom. The standard InChI is InChI=1S/C30H32F3NO5/c1-3-20(2)27(34-24-13-7-23(8-14-24)28(35)5-4-6-29(36)37)19-38-25-15-9-21(10-16-25)22-11-17-26(18-12-22)39-30(31,32)33/h7-18,20,27,34H,3-6,19H2,1-2H3,(H,36,37)/t20-,27+/m0/s1. The van der Waals surface area contributed by atoms with Crippen molar-refractivity contribution in [1.82, 2.24) is 0 Å². The third-order valence-electron chi connectivity index (χ3n) is 6.39. The molecule has 6 nitrogen and oxygen atoms in total. The summed E-state index contributed by atoms with van der Waals surface area (Å²) in [6.07, 6.45) is -3.33. The largest absolute Gasteiger partial charge is 0.573 e. The van der Waals surface area contributed by atoms with Crippen LogP contribution >= 0.6 is 0 Å². The number of ketones is 1. The minimum absolute atomic E-state index is 0.00651. The number of ether oxygens (including phenoxy) is 2. The highest BCUT2D eigenvalue weighted by molar-refractivity contribution is 5.96. The first kappa shape index (κ1) is 29.5. The topological polar surface area (TPSA) is 84.9 Å². The van der Waals surface area contributed by atoms with Gasteiger partial charge in [0.05, 0.1) is 6.04 Å². The van der Waals surface area contributed by atoms with Crippen LogP contribution in [0.3, 0.4) is 0 Å². The van der Waals surface area contributed by atoms with Gasteiger partial charge in [-0.2, -0.15) is 0 Å². The molecule has 0 aromatic heterocycles. The molecule has 2 N–H and O–H groups in total. The number of Topliss-reactive ketones (excluding diaryl/α,β-unsaturated/α-hetero) is 1. The number of halogens is 3. The minimum atomic E-state index is -4.73. The first-order valence-electron chi connectivity index (χ1n) is 12.7. The highest BCUT2D eigenvalue weighted by atomic mass is 19.4. The van der Waals surface area contributed by atoms with Crippen LogP contribution in [0.4, 0.5) is 18.9 Å². The fraction of sp³-hybridized carbons (Fsp3) is 0.333. The molecule has 2 atom stereocenters. The van der Waals surface area contributed by atoms with Gasteiger partial charge in [-0.15, -0.1) is 13.2 Å². The number of anilines is 1. The van der Waals surface area contributed by atoms with Crippen molar-refractivity contribution in [3.8, 4) is 22.6 Å². The summed E-state index contributed by atoms with van der Waals surface area (Å²) < 4.78 is 47.1. The molecule has 3 rings (SSSR count). The van der Waals surface area contributed by atoms with Crippen molar-refractivity contribution in [3.05, 3.63) is 78.4 Å². The third-order valence-corrected chi connectivity index (χ3v) is 6.39. The smallest absolute Gasteiger partial charge is 0.491 e. The Hall–Kier alpha value is -4.01. The van der Waals surface area contributed by atoms with Crippen LogP contribution in [0.25, 0.3) is 11.1 Å². The van der Waals surface area contributed by atoms with Crippen molar-refractivity contribution in [2.24, 2.45) is 5.92 Å². The molecule has 0 spiro atoms. The van der Waals surface area contributed by atoms with Crippen LogP contribution < -0.4 is 14.8 Å². The number of rotatable bonds is 14. The molecule has 0 amide bonds. The molecule has 0 radical (unpaired) electrons. The van der Waals surface area contributed by atoms with E-state index in [9.17, 15) is 22.8 Å². The van der Waals surface area contributed by atoms with Crippen LogP contribution in [-0.2, 0) is 4.79 Å². The summed E-state index contributed by atoms with van der Waals surface area (Å²) in [5, 5.41) is 12.2. The zero-order chi connectivity index (χ0) is 28.4. The van der Waals surface area contributed by atoms with Crippen molar-refractivity contribution in [3.63, 3.8) is 0 Å². The first-order valence-corrected chi connectivity index (χ1v) is 12.7. The summed E-state index contributed by atoms with van der Waals surface area (Å²) in [4.78, 5) is 22.9. The summed E-state index contributed by atoms with van der Waals surface area (Å²) in [6.45, 7) is 4.61. The maximum atomic E-state index is 12.4. The zero-order valence-electron chi connectivity index (χ0n) is 21.8. The maximum Gasteiger partial charge on any atom is 0.573 e. The van der Waals surface area contributed by atoms with Crippen LogP contribution in [-0.4, -0.2) is 35.9 Å². The van der Waals surface area contributed by atoms with E-state index < -0.39 is 12.3 Å². The molecule has 39 heavy (non-hydrogen) atoms. The van der Waals surface area contributed by atoms with Crippen molar-refractivity contribution in [2.45, 2.75) is 51.9 Å². The molecule has 0 aliphatic carbocycles. The van der Waals surface area contributed by atoms with Crippen molar-refractivity contribution >= 4 is 17.4 Å². The second-order valence-corrected chi connectivity index (χ2v) is 9.29. The van der Waals surface area contributed by atoms with Gasteiger partial charge in [0.2, 0.25) is 0 Å². The van der Waals surface area contributed by atoms with Crippen molar-refractivity contribution in [2.75, 3.05) is 11.9 Å². The number of nitrogens with one attached hydrogen (secondary N) is 1. The van der Waals surface area contributed by atoms with Gasteiger partial charge in [-0.3, -0.25) is 9.59 Å². The molecule has 208 valence electrons. The number of carbonyl (C=O) groups is 2. The lowest BCUT2D eigenvalue weighted by Crippen LogP contribution is -2.33. The van der Waals surface area contributed by atoms with E-state index in [-0.39, 0.29) is 30.4 Å².